The number of benzene rings is 2. The third-order valence-electron chi connectivity index (χ3n) is 3.01. The van der Waals surface area contributed by atoms with E-state index in [1.54, 1.807) is 0 Å². The van der Waals surface area contributed by atoms with Gasteiger partial charge in [-0.25, -0.2) is 4.39 Å². The van der Waals surface area contributed by atoms with Gasteiger partial charge < -0.3 is 15.2 Å². The Balaban J connectivity index is 2.24. The van der Waals surface area contributed by atoms with Crippen molar-refractivity contribution < 1.29 is 27.0 Å². The zero-order valence-electron chi connectivity index (χ0n) is 11.5. The molecule has 0 amide bonds. The van der Waals surface area contributed by atoms with Crippen LogP contribution in [0, 0.1) is 5.82 Å². The molecule has 0 fully saturated rings. The minimum atomic E-state index is -4.76. The Morgan fingerprint density at radius 3 is 2.14 bits per heavy atom. The summed E-state index contributed by atoms with van der Waals surface area (Å²) in [6.07, 6.45) is -4.76. The van der Waals surface area contributed by atoms with Crippen LogP contribution in [0.3, 0.4) is 0 Å². The van der Waals surface area contributed by atoms with Crippen LogP contribution < -0.4 is 15.2 Å². The van der Waals surface area contributed by atoms with E-state index >= 15 is 0 Å². The van der Waals surface area contributed by atoms with Crippen LogP contribution in [0.2, 0.25) is 0 Å². The van der Waals surface area contributed by atoms with Gasteiger partial charge in [0.15, 0.2) is 0 Å². The molecule has 0 radical (unpaired) electrons. The summed E-state index contributed by atoms with van der Waals surface area (Å²) in [5, 5.41) is 0. The summed E-state index contributed by atoms with van der Waals surface area (Å²) < 4.78 is 58.9. The maximum atomic E-state index is 13.8. The Morgan fingerprint density at radius 2 is 1.59 bits per heavy atom. The molecule has 0 saturated carbocycles. The fourth-order valence-corrected chi connectivity index (χ4v) is 1.94. The summed E-state index contributed by atoms with van der Waals surface area (Å²) in [6, 6.07) is 8.23. The number of halogens is 4. The molecule has 0 bridgehead atoms. The van der Waals surface area contributed by atoms with Crippen molar-refractivity contribution in [3.63, 3.8) is 0 Å². The molecular formula is C15H13F4NO2. The highest BCUT2D eigenvalue weighted by molar-refractivity contribution is 5.39. The topological polar surface area (TPSA) is 44.5 Å². The second-order valence-corrected chi connectivity index (χ2v) is 4.48. The van der Waals surface area contributed by atoms with Gasteiger partial charge in [0.1, 0.15) is 17.3 Å². The smallest absolute Gasteiger partial charge is 0.497 e. The van der Waals surface area contributed by atoms with Gasteiger partial charge in [0, 0.05) is 5.56 Å². The lowest BCUT2D eigenvalue weighted by Crippen LogP contribution is -2.17. The van der Waals surface area contributed by atoms with Crippen molar-refractivity contribution in [2.75, 3.05) is 7.11 Å². The molecular weight excluding hydrogens is 302 g/mol. The summed E-state index contributed by atoms with van der Waals surface area (Å²) in [6.45, 7) is 0. The first kappa shape index (κ1) is 16.1. The van der Waals surface area contributed by atoms with Crippen LogP contribution in [0.5, 0.6) is 11.5 Å². The van der Waals surface area contributed by atoms with E-state index in [1.807, 2.05) is 0 Å². The summed E-state index contributed by atoms with van der Waals surface area (Å²) in [7, 11) is 1.44. The first-order valence-electron chi connectivity index (χ1n) is 6.25. The normalized spacial score (nSPS) is 12.8. The molecule has 0 aromatic heterocycles. The molecule has 2 rings (SSSR count). The molecule has 2 aromatic rings. The number of rotatable bonds is 4. The van der Waals surface area contributed by atoms with E-state index in [0.717, 1.165) is 12.1 Å². The Hall–Kier alpha value is -2.28. The number of hydrogen-bond acceptors (Lipinski definition) is 3. The Labute approximate surface area is 124 Å². The SMILES string of the molecule is COc1ccc(F)c([C@H](N)c2ccc(OC(F)(F)F)cc2)c1. The van der Waals surface area contributed by atoms with Gasteiger partial charge >= 0.3 is 6.36 Å². The molecule has 22 heavy (non-hydrogen) atoms. The van der Waals surface area contributed by atoms with Crippen molar-refractivity contribution in [3.8, 4) is 11.5 Å². The lowest BCUT2D eigenvalue weighted by Gasteiger charge is -2.15. The molecule has 0 heterocycles. The van der Waals surface area contributed by atoms with Gasteiger partial charge in [-0.2, -0.15) is 0 Å². The molecule has 7 heteroatoms. The second kappa shape index (κ2) is 6.23. The molecule has 118 valence electrons. The van der Waals surface area contributed by atoms with E-state index in [2.05, 4.69) is 4.74 Å². The average Bonchev–Trinajstić information content (AvgIpc) is 2.46. The fraction of sp³-hybridized carbons (Fsp3) is 0.200. The number of ether oxygens (including phenoxy) is 2. The van der Waals surface area contributed by atoms with Crippen LogP contribution in [-0.4, -0.2) is 13.5 Å². The third kappa shape index (κ3) is 3.88. The predicted octanol–water partition coefficient (Wildman–Crippen LogP) is 3.78. The summed E-state index contributed by atoms with van der Waals surface area (Å²) >= 11 is 0. The minimum absolute atomic E-state index is 0.184. The van der Waals surface area contributed by atoms with Crippen LogP contribution in [0.1, 0.15) is 17.2 Å². The number of nitrogens with two attached hydrogens (primary N) is 1. The van der Waals surface area contributed by atoms with Gasteiger partial charge in [0.2, 0.25) is 0 Å². The van der Waals surface area contributed by atoms with Gasteiger partial charge in [-0.05, 0) is 35.9 Å². The van der Waals surface area contributed by atoms with Crippen molar-refractivity contribution in [3.05, 3.63) is 59.4 Å². The molecule has 2 N–H and O–H groups in total. The quantitative estimate of drug-likeness (QED) is 0.873. The first-order chi connectivity index (χ1) is 10.3. The van der Waals surface area contributed by atoms with Gasteiger partial charge in [0.25, 0.3) is 0 Å². The van der Waals surface area contributed by atoms with Crippen LogP contribution in [0.4, 0.5) is 17.6 Å². The molecule has 0 spiro atoms. The molecule has 1 atom stereocenters. The largest absolute Gasteiger partial charge is 0.573 e. The van der Waals surface area contributed by atoms with Gasteiger partial charge in [-0.1, -0.05) is 12.1 Å². The van der Waals surface area contributed by atoms with E-state index in [1.165, 1.54) is 37.4 Å². The zero-order valence-corrected chi connectivity index (χ0v) is 11.5. The van der Waals surface area contributed by atoms with Crippen LogP contribution in [-0.2, 0) is 0 Å². The molecule has 0 aliphatic rings. The summed E-state index contributed by atoms with van der Waals surface area (Å²) in [5.74, 6) is -0.456. The molecule has 0 saturated heterocycles. The zero-order chi connectivity index (χ0) is 16.3. The monoisotopic (exact) mass is 315 g/mol. The number of methoxy groups -OCH3 is 1. The van der Waals surface area contributed by atoms with E-state index in [4.69, 9.17) is 10.5 Å². The lowest BCUT2D eigenvalue weighted by atomic mass is 9.99. The second-order valence-electron chi connectivity index (χ2n) is 4.48. The van der Waals surface area contributed by atoms with E-state index in [9.17, 15) is 17.6 Å². The highest BCUT2D eigenvalue weighted by Gasteiger charge is 2.31. The van der Waals surface area contributed by atoms with E-state index in [0.29, 0.717) is 11.3 Å². The van der Waals surface area contributed by atoms with Crippen molar-refractivity contribution >= 4 is 0 Å². The number of alkyl halides is 3. The molecule has 0 aliphatic carbocycles. The predicted molar refractivity (Wildman–Crippen MR) is 72.1 cm³/mol. The van der Waals surface area contributed by atoms with E-state index < -0.39 is 18.2 Å². The summed E-state index contributed by atoms with van der Waals surface area (Å²) in [5.41, 5.74) is 6.59. The minimum Gasteiger partial charge on any atom is -0.497 e. The van der Waals surface area contributed by atoms with E-state index in [-0.39, 0.29) is 11.3 Å². The van der Waals surface area contributed by atoms with Gasteiger partial charge in [-0.15, -0.1) is 13.2 Å². The van der Waals surface area contributed by atoms with Gasteiger partial charge in [-0.3, -0.25) is 0 Å². The maximum Gasteiger partial charge on any atom is 0.573 e. The Kier molecular flexibility index (Phi) is 4.56. The highest BCUT2D eigenvalue weighted by atomic mass is 19.4. The standard InChI is InChI=1S/C15H13F4NO2/c1-21-11-6-7-13(16)12(8-11)14(20)9-2-4-10(5-3-9)22-15(17,18)19/h2-8,14H,20H2,1H3/t14-/m1/s1. The van der Waals surface area contributed by atoms with Crippen LogP contribution in [0.15, 0.2) is 42.5 Å². The molecule has 2 aromatic carbocycles. The van der Waals surface area contributed by atoms with Crippen LogP contribution in [0.25, 0.3) is 0 Å². The van der Waals surface area contributed by atoms with Crippen LogP contribution >= 0.6 is 0 Å². The molecule has 3 nitrogen and oxygen atoms in total. The summed E-state index contributed by atoms with van der Waals surface area (Å²) in [4.78, 5) is 0. The average molecular weight is 315 g/mol. The van der Waals surface area contributed by atoms with Crippen molar-refractivity contribution in [2.45, 2.75) is 12.4 Å². The van der Waals surface area contributed by atoms with Crippen molar-refractivity contribution in [2.24, 2.45) is 5.73 Å². The fourth-order valence-electron chi connectivity index (χ4n) is 1.94. The van der Waals surface area contributed by atoms with Gasteiger partial charge in [0.05, 0.1) is 13.2 Å². The molecule has 0 unspecified atom stereocenters. The highest BCUT2D eigenvalue weighted by Crippen LogP contribution is 2.28. The lowest BCUT2D eigenvalue weighted by molar-refractivity contribution is -0.274. The number of hydrogen-bond donors (Lipinski definition) is 1. The Bertz CT molecular complexity index is 641. The maximum absolute atomic E-state index is 13.8. The Morgan fingerprint density at radius 1 is 1.00 bits per heavy atom. The third-order valence-corrected chi connectivity index (χ3v) is 3.01. The van der Waals surface area contributed by atoms with Crippen molar-refractivity contribution in [1.29, 1.82) is 0 Å². The van der Waals surface area contributed by atoms with Crippen molar-refractivity contribution in [1.82, 2.24) is 0 Å². The first-order valence-corrected chi connectivity index (χ1v) is 6.25. The molecule has 0 aliphatic heterocycles.